The quantitative estimate of drug-likeness (QED) is 0.831. The van der Waals surface area contributed by atoms with Gasteiger partial charge in [0.25, 0.3) is 0 Å². The highest BCUT2D eigenvalue weighted by Gasteiger charge is 1.99. The Morgan fingerprint density at radius 1 is 1.41 bits per heavy atom. The average Bonchev–Trinajstić information content (AvgIpc) is 2.24. The van der Waals surface area contributed by atoms with E-state index in [-0.39, 0.29) is 11.5 Å². The Labute approximate surface area is 104 Å². The van der Waals surface area contributed by atoms with Gasteiger partial charge in [-0.05, 0) is 17.7 Å². The molecule has 0 saturated heterocycles. The molecule has 17 heavy (non-hydrogen) atoms. The molecule has 1 aromatic rings. The normalized spacial score (nSPS) is 9.24. The Balaban J connectivity index is 2.65. The van der Waals surface area contributed by atoms with E-state index in [1.54, 1.807) is 18.2 Å². The van der Waals surface area contributed by atoms with Gasteiger partial charge in [0.15, 0.2) is 5.12 Å². The van der Waals surface area contributed by atoms with Crippen molar-refractivity contribution in [2.75, 3.05) is 5.75 Å². The van der Waals surface area contributed by atoms with Crippen LogP contribution < -0.4 is 0 Å². The van der Waals surface area contributed by atoms with E-state index >= 15 is 0 Å². The first-order chi connectivity index (χ1) is 8.08. The molecule has 0 aliphatic heterocycles. The topological polar surface area (TPSA) is 54.4 Å². The van der Waals surface area contributed by atoms with Crippen LogP contribution in [-0.4, -0.2) is 21.9 Å². The number of carbonyl (C=O) groups excluding carboxylic acids is 1. The van der Waals surface area contributed by atoms with Crippen LogP contribution in [0.4, 0.5) is 0 Å². The number of carboxylic acid groups (broad SMARTS) is 1. The number of hydrogen-bond acceptors (Lipinski definition) is 3. The molecule has 1 N–H and O–H groups in total. The second-order valence-electron chi connectivity index (χ2n) is 3.35. The van der Waals surface area contributed by atoms with Gasteiger partial charge in [-0.3, -0.25) is 9.59 Å². The molecular weight excluding hydrogens is 236 g/mol. The van der Waals surface area contributed by atoms with E-state index in [0.717, 1.165) is 22.9 Å². The van der Waals surface area contributed by atoms with Crippen LogP contribution in [0.15, 0.2) is 24.3 Å². The van der Waals surface area contributed by atoms with Gasteiger partial charge in [0.1, 0.15) is 0 Å². The number of carboxylic acids is 1. The Morgan fingerprint density at radius 3 is 2.82 bits per heavy atom. The van der Waals surface area contributed by atoms with Crippen LogP contribution in [0.5, 0.6) is 0 Å². The van der Waals surface area contributed by atoms with Crippen LogP contribution in [0.2, 0.25) is 0 Å². The zero-order valence-corrected chi connectivity index (χ0v) is 10.2. The molecule has 0 bridgehead atoms. The Morgan fingerprint density at radius 2 is 2.18 bits per heavy atom. The first-order valence-electron chi connectivity index (χ1n) is 5.01. The van der Waals surface area contributed by atoms with E-state index in [2.05, 4.69) is 11.8 Å². The lowest BCUT2D eigenvalue weighted by Crippen LogP contribution is -1.99. The summed E-state index contributed by atoms with van der Waals surface area (Å²) in [6.07, 6.45) is -0.00227. The maximum atomic E-state index is 10.7. The maximum Gasteiger partial charge on any atom is 0.307 e. The number of rotatable bonds is 3. The third kappa shape index (κ3) is 5.79. The number of benzene rings is 1. The van der Waals surface area contributed by atoms with E-state index in [1.165, 1.54) is 6.92 Å². The van der Waals surface area contributed by atoms with E-state index in [9.17, 15) is 9.59 Å². The smallest absolute Gasteiger partial charge is 0.307 e. The number of carbonyl (C=O) groups is 2. The summed E-state index contributed by atoms with van der Waals surface area (Å²) in [5.74, 6) is 5.35. The van der Waals surface area contributed by atoms with Crippen LogP contribution in [0.1, 0.15) is 18.1 Å². The molecule has 1 rings (SSSR count). The number of aliphatic carboxylic acids is 1. The minimum atomic E-state index is -0.859. The Kier molecular flexibility index (Phi) is 5.31. The van der Waals surface area contributed by atoms with Crippen LogP contribution in [0.3, 0.4) is 0 Å². The van der Waals surface area contributed by atoms with Crippen LogP contribution in [-0.2, 0) is 16.0 Å². The number of thioether (sulfide) groups is 1. The summed E-state index contributed by atoms with van der Waals surface area (Å²) in [7, 11) is 0. The number of hydrogen-bond donors (Lipinski definition) is 1. The first kappa shape index (κ1) is 13.3. The second kappa shape index (κ2) is 6.77. The van der Waals surface area contributed by atoms with Crippen LogP contribution in [0, 0.1) is 11.8 Å². The van der Waals surface area contributed by atoms with Gasteiger partial charge in [-0.1, -0.05) is 35.7 Å². The summed E-state index contributed by atoms with van der Waals surface area (Å²) in [5, 5.41) is 8.70. The maximum absolute atomic E-state index is 10.7. The van der Waals surface area contributed by atoms with Gasteiger partial charge in [0.2, 0.25) is 0 Å². The fourth-order valence-electron chi connectivity index (χ4n) is 1.21. The molecule has 4 heteroatoms. The minimum Gasteiger partial charge on any atom is -0.481 e. The standard InChI is InChI=1S/C13H12O3S/c1-10(14)17-7-3-6-11-4-2-5-12(8-11)9-13(15)16/h2,4-5,8H,7,9H2,1H3,(H,15,16). The minimum absolute atomic E-state index is 0.00227. The summed E-state index contributed by atoms with van der Waals surface area (Å²) in [6.45, 7) is 1.50. The molecule has 0 atom stereocenters. The molecule has 0 fully saturated rings. The van der Waals surface area contributed by atoms with Gasteiger partial charge >= 0.3 is 5.97 Å². The SMILES string of the molecule is CC(=O)SCC#Cc1cccc(CC(=O)O)c1. The van der Waals surface area contributed by atoms with Crippen molar-refractivity contribution in [1.82, 2.24) is 0 Å². The van der Waals surface area contributed by atoms with Crippen LogP contribution in [0.25, 0.3) is 0 Å². The van der Waals surface area contributed by atoms with Crippen molar-refractivity contribution < 1.29 is 14.7 Å². The Hall–Kier alpha value is -1.73. The largest absolute Gasteiger partial charge is 0.481 e. The third-order valence-corrected chi connectivity index (χ3v) is 2.56. The molecule has 0 unspecified atom stereocenters. The van der Waals surface area contributed by atoms with Crippen molar-refractivity contribution in [3.8, 4) is 11.8 Å². The fourth-order valence-corrected chi connectivity index (χ4v) is 1.56. The van der Waals surface area contributed by atoms with Gasteiger partial charge < -0.3 is 5.11 Å². The summed E-state index contributed by atoms with van der Waals surface area (Å²) in [5.41, 5.74) is 1.50. The molecule has 88 valence electrons. The predicted molar refractivity (Wildman–Crippen MR) is 67.8 cm³/mol. The van der Waals surface area contributed by atoms with E-state index in [1.807, 2.05) is 6.07 Å². The van der Waals surface area contributed by atoms with E-state index in [0.29, 0.717) is 5.75 Å². The second-order valence-corrected chi connectivity index (χ2v) is 4.51. The molecule has 0 amide bonds. The van der Waals surface area contributed by atoms with Gasteiger partial charge in [0, 0.05) is 12.5 Å². The molecule has 0 heterocycles. The van der Waals surface area contributed by atoms with E-state index < -0.39 is 5.97 Å². The molecule has 3 nitrogen and oxygen atoms in total. The fraction of sp³-hybridized carbons (Fsp3) is 0.231. The Bertz CT molecular complexity index is 483. The van der Waals surface area contributed by atoms with Gasteiger partial charge in [-0.2, -0.15) is 0 Å². The summed E-state index contributed by atoms with van der Waals surface area (Å²) in [4.78, 5) is 21.2. The first-order valence-corrected chi connectivity index (χ1v) is 5.99. The lowest BCUT2D eigenvalue weighted by atomic mass is 10.1. The predicted octanol–water partition coefficient (Wildman–Crippen LogP) is 1.94. The molecular formula is C13H12O3S. The summed E-state index contributed by atoms with van der Waals surface area (Å²) >= 11 is 1.16. The van der Waals surface area contributed by atoms with Gasteiger partial charge in [0.05, 0.1) is 12.2 Å². The summed E-state index contributed by atoms with van der Waals surface area (Å²) in [6, 6.07) is 7.10. The molecule has 0 aliphatic carbocycles. The molecule has 0 saturated carbocycles. The highest BCUT2D eigenvalue weighted by molar-refractivity contribution is 8.13. The molecule has 1 aromatic carbocycles. The van der Waals surface area contributed by atoms with Crippen molar-refractivity contribution in [2.24, 2.45) is 0 Å². The highest BCUT2D eigenvalue weighted by Crippen LogP contribution is 2.05. The van der Waals surface area contributed by atoms with Gasteiger partial charge in [-0.15, -0.1) is 0 Å². The third-order valence-electron chi connectivity index (χ3n) is 1.86. The molecule has 0 aliphatic rings. The van der Waals surface area contributed by atoms with Crippen LogP contribution >= 0.6 is 11.8 Å². The monoisotopic (exact) mass is 248 g/mol. The zero-order chi connectivity index (χ0) is 12.7. The molecule has 0 radical (unpaired) electrons. The lowest BCUT2D eigenvalue weighted by molar-refractivity contribution is -0.136. The zero-order valence-electron chi connectivity index (χ0n) is 9.40. The van der Waals surface area contributed by atoms with Crippen molar-refractivity contribution in [2.45, 2.75) is 13.3 Å². The molecule has 0 aromatic heterocycles. The van der Waals surface area contributed by atoms with Crippen molar-refractivity contribution in [1.29, 1.82) is 0 Å². The average molecular weight is 248 g/mol. The lowest BCUT2D eigenvalue weighted by Gasteiger charge is -1.97. The van der Waals surface area contributed by atoms with Crippen molar-refractivity contribution in [3.63, 3.8) is 0 Å². The summed E-state index contributed by atoms with van der Waals surface area (Å²) < 4.78 is 0. The van der Waals surface area contributed by atoms with Crippen molar-refractivity contribution >= 4 is 22.8 Å². The highest BCUT2D eigenvalue weighted by atomic mass is 32.2. The van der Waals surface area contributed by atoms with E-state index in [4.69, 9.17) is 5.11 Å². The van der Waals surface area contributed by atoms with Crippen molar-refractivity contribution in [3.05, 3.63) is 35.4 Å². The molecule has 0 spiro atoms. The van der Waals surface area contributed by atoms with Gasteiger partial charge in [-0.25, -0.2) is 0 Å².